The Bertz CT molecular complexity index is 430. The quantitative estimate of drug-likeness (QED) is 0.838. The van der Waals surface area contributed by atoms with Gasteiger partial charge in [-0.05, 0) is 53.4 Å². The van der Waals surface area contributed by atoms with E-state index in [1.54, 1.807) is 0 Å². The van der Waals surface area contributed by atoms with Crippen LogP contribution in [0.2, 0.25) is 0 Å². The van der Waals surface area contributed by atoms with E-state index < -0.39 is 5.97 Å². The molecule has 0 radical (unpaired) electrons. The van der Waals surface area contributed by atoms with Gasteiger partial charge in [0.25, 0.3) is 0 Å². The highest BCUT2D eigenvalue weighted by Gasteiger charge is 2.47. The molecular weight excluding hydrogens is 270 g/mol. The van der Waals surface area contributed by atoms with Crippen LogP contribution in [0, 0.1) is 11.8 Å². The lowest BCUT2D eigenvalue weighted by atomic mass is 9.80. The van der Waals surface area contributed by atoms with Crippen LogP contribution < -0.4 is 5.32 Å². The first kappa shape index (κ1) is 16.3. The van der Waals surface area contributed by atoms with Gasteiger partial charge in [-0.15, -0.1) is 0 Å². The van der Waals surface area contributed by atoms with E-state index >= 15 is 0 Å². The summed E-state index contributed by atoms with van der Waals surface area (Å²) in [5.74, 6) is -1.35. The first-order valence-corrected chi connectivity index (χ1v) is 7.84. The van der Waals surface area contributed by atoms with Crippen LogP contribution in [0.4, 0.5) is 0 Å². The van der Waals surface area contributed by atoms with Gasteiger partial charge in [0.1, 0.15) is 0 Å². The van der Waals surface area contributed by atoms with E-state index in [9.17, 15) is 9.59 Å². The highest BCUT2D eigenvalue weighted by molar-refractivity contribution is 5.80. The normalized spacial score (nSPS) is 34.4. The zero-order valence-electron chi connectivity index (χ0n) is 13.4. The van der Waals surface area contributed by atoms with E-state index in [2.05, 4.69) is 5.32 Å². The van der Waals surface area contributed by atoms with Crippen molar-refractivity contribution in [2.45, 2.75) is 77.0 Å². The van der Waals surface area contributed by atoms with Gasteiger partial charge in [-0.3, -0.25) is 9.59 Å². The largest absolute Gasteiger partial charge is 0.481 e. The molecule has 5 heteroatoms. The minimum absolute atomic E-state index is 0.0136. The van der Waals surface area contributed by atoms with Crippen LogP contribution in [0.3, 0.4) is 0 Å². The van der Waals surface area contributed by atoms with E-state index in [0.29, 0.717) is 12.8 Å². The van der Waals surface area contributed by atoms with Gasteiger partial charge in [-0.1, -0.05) is 6.42 Å². The second-order valence-electron chi connectivity index (χ2n) is 7.63. The van der Waals surface area contributed by atoms with Crippen molar-refractivity contribution < 1.29 is 19.4 Å². The Balaban J connectivity index is 1.97. The van der Waals surface area contributed by atoms with Gasteiger partial charge in [0.15, 0.2) is 0 Å². The molecule has 1 heterocycles. The van der Waals surface area contributed by atoms with Crippen LogP contribution in [0.25, 0.3) is 0 Å². The Labute approximate surface area is 126 Å². The number of carbonyl (C=O) groups is 2. The van der Waals surface area contributed by atoms with Gasteiger partial charge in [0.05, 0.1) is 23.2 Å². The van der Waals surface area contributed by atoms with Gasteiger partial charge in [0.2, 0.25) is 5.91 Å². The number of hydrogen-bond acceptors (Lipinski definition) is 3. The maximum absolute atomic E-state index is 12.5. The Morgan fingerprint density at radius 1 is 1.14 bits per heavy atom. The van der Waals surface area contributed by atoms with E-state index in [4.69, 9.17) is 9.84 Å². The summed E-state index contributed by atoms with van der Waals surface area (Å²) in [4.78, 5) is 23.6. The molecule has 0 aromatic rings. The van der Waals surface area contributed by atoms with Crippen molar-refractivity contribution in [1.82, 2.24) is 5.32 Å². The Kier molecular flexibility index (Phi) is 4.34. The van der Waals surface area contributed by atoms with E-state index in [1.165, 1.54) is 0 Å². The predicted molar refractivity (Wildman–Crippen MR) is 78.9 cm³/mol. The van der Waals surface area contributed by atoms with E-state index in [0.717, 1.165) is 19.3 Å². The third kappa shape index (κ3) is 3.76. The molecule has 3 atom stereocenters. The summed E-state index contributed by atoms with van der Waals surface area (Å²) >= 11 is 0. The summed E-state index contributed by atoms with van der Waals surface area (Å²) in [5, 5.41) is 12.2. The fourth-order valence-electron chi connectivity index (χ4n) is 3.73. The van der Waals surface area contributed by atoms with Crippen molar-refractivity contribution in [3.05, 3.63) is 0 Å². The number of hydrogen-bond donors (Lipinski definition) is 2. The van der Waals surface area contributed by atoms with E-state index in [-0.39, 0.29) is 35.0 Å². The van der Waals surface area contributed by atoms with Crippen molar-refractivity contribution in [2.24, 2.45) is 11.8 Å². The van der Waals surface area contributed by atoms with Crippen LogP contribution in [-0.4, -0.2) is 34.2 Å². The summed E-state index contributed by atoms with van der Waals surface area (Å²) in [6.07, 6.45) is 3.52. The lowest BCUT2D eigenvalue weighted by Crippen LogP contribution is -2.48. The average Bonchev–Trinajstić information content (AvgIpc) is 2.57. The van der Waals surface area contributed by atoms with Crippen molar-refractivity contribution in [3.8, 4) is 0 Å². The first-order valence-electron chi connectivity index (χ1n) is 7.84. The minimum atomic E-state index is -0.779. The molecule has 1 amide bonds. The fraction of sp³-hybridized carbons (Fsp3) is 0.875. The highest BCUT2D eigenvalue weighted by Crippen LogP contribution is 2.38. The SMILES string of the molecule is CC1(C)CC(NC(=O)C2CCCC(C(=O)O)C2)C(C)(C)O1. The molecule has 21 heavy (non-hydrogen) atoms. The van der Waals surface area contributed by atoms with Gasteiger partial charge in [-0.25, -0.2) is 0 Å². The van der Waals surface area contributed by atoms with Crippen molar-refractivity contribution >= 4 is 11.9 Å². The molecule has 1 aliphatic carbocycles. The number of nitrogens with one attached hydrogen (secondary N) is 1. The molecule has 1 saturated carbocycles. The number of rotatable bonds is 3. The first-order chi connectivity index (χ1) is 9.61. The van der Waals surface area contributed by atoms with Crippen LogP contribution in [0.1, 0.15) is 59.8 Å². The molecule has 2 rings (SSSR count). The van der Waals surface area contributed by atoms with Crippen LogP contribution >= 0.6 is 0 Å². The third-order valence-corrected chi connectivity index (χ3v) is 4.78. The molecule has 0 aromatic carbocycles. The summed E-state index contributed by atoms with van der Waals surface area (Å²) in [6.45, 7) is 8.05. The summed E-state index contributed by atoms with van der Waals surface area (Å²) in [7, 11) is 0. The molecule has 2 N–H and O–H groups in total. The molecule has 3 unspecified atom stereocenters. The molecule has 2 aliphatic rings. The third-order valence-electron chi connectivity index (χ3n) is 4.78. The average molecular weight is 297 g/mol. The molecule has 0 aromatic heterocycles. The molecule has 0 bridgehead atoms. The zero-order valence-corrected chi connectivity index (χ0v) is 13.4. The second-order valence-corrected chi connectivity index (χ2v) is 7.63. The zero-order chi connectivity index (χ0) is 15.8. The smallest absolute Gasteiger partial charge is 0.306 e. The molecule has 120 valence electrons. The predicted octanol–water partition coefficient (Wildman–Crippen LogP) is 2.34. The van der Waals surface area contributed by atoms with Crippen LogP contribution in [0.5, 0.6) is 0 Å². The topological polar surface area (TPSA) is 75.6 Å². The lowest BCUT2D eigenvalue weighted by Gasteiger charge is -2.31. The number of ether oxygens (including phenoxy) is 1. The number of amides is 1. The van der Waals surface area contributed by atoms with Gasteiger partial charge >= 0.3 is 5.97 Å². The molecule has 5 nitrogen and oxygen atoms in total. The molecule has 1 saturated heterocycles. The minimum Gasteiger partial charge on any atom is -0.481 e. The van der Waals surface area contributed by atoms with Crippen molar-refractivity contribution in [3.63, 3.8) is 0 Å². The number of carboxylic acid groups (broad SMARTS) is 1. The maximum atomic E-state index is 12.5. The molecule has 2 fully saturated rings. The summed E-state index contributed by atoms with van der Waals surface area (Å²) in [6, 6.07) is -0.0230. The van der Waals surface area contributed by atoms with E-state index in [1.807, 2.05) is 27.7 Å². The second kappa shape index (κ2) is 5.59. The fourth-order valence-corrected chi connectivity index (χ4v) is 3.73. The maximum Gasteiger partial charge on any atom is 0.306 e. The Hall–Kier alpha value is -1.10. The summed E-state index contributed by atoms with van der Waals surface area (Å²) < 4.78 is 5.99. The van der Waals surface area contributed by atoms with Crippen LogP contribution in [0.15, 0.2) is 0 Å². The van der Waals surface area contributed by atoms with Crippen molar-refractivity contribution in [2.75, 3.05) is 0 Å². The van der Waals surface area contributed by atoms with Gasteiger partial charge < -0.3 is 15.2 Å². The number of carbonyl (C=O) groups excluding carboxylic acids is 1. The number of aliphatic carboxylic acids is 1. The Morgan fingerprint density at radius 2 is 1.76 bits per heavy atom. The standard InChI is InChI=1S/C16H27NO4/c1-15(2)9-12(16(3,4)21-15)17-13(18)10-6-5-7-11(8-10)14(19)20/h10-12H,5-9H2,1-4H3,(H,17,18)(H,19,20). The summed E-state index contributed by atoms with van der Waals surface area (Å²) in [5.41, 5.74) is -0.627. The van der Waals surface area contributed by atoms with Crippen LogP contribution in [-0.2, 0) is 14.3 Å². The lowest BCUT2D eigenvalue weighted by molar-refractivity contribution is -0.144. The monoisotopic (exact) mass is 297 g/mol. The molecular formula is C16H27NO4. The highest BCUT2D eigenvalue weighted by atomic mass is 16.5. The Morgan fingerprint density at radius 3 is 2.29 bits per heavy atom. The molecule has 1 aliphatic heterocycles. The van der Waals surface area contributed by atoms with Crippen molar-refractivity contribution in [1.29, 1.82) is 0 Å². The molecule has 0 spiro atoms. The van der Waals surface area contributed by atoms with Gasteiger partial charge in [0, 0.05) is 5.92 Å². The number of carboxylic acids is 1. The van der Waals surface area contributed by atoms with Gasteiger partial charge in [-0.2, -0.15) is 0 Å².